The molecule has 0 bridgehead atoms. The van der Waals surface area contributed by atoms with Crippen molar-refractivity contribution in [3.63, 3.8) is 0 Å². The molecule has 0 saturated heterocycles. The quantitative estimate of drug-likeness (QED) is 0.563. The van der Waals surface area contributed by atoms with Gasteiger partial charge in [-0.1, -0.05) is 24.3 Å². The van der Waals surface area contributed by atoms with Crippen LogP contribution in [0.1, 0.15) is 29.5 Å². The second-order valence-corrected chi connectivity index (χ2v) is 7.52. The van der Waals surface area contributed by atoms with Crippen LogP contribution < -0.4 is 4.74 Å². The van der Waals surface area contributed by atoms with E-state index in [0.29, 0.717) is 36.5 Å². The lowest BCUT2D eigenvalue weighted by Gasteiger charge is -2.30. The molecule has 1 aliphatic heterocycles. The van der Waals surface area contributed by atoms with Gasteiger partial charge in [0.05, 0.1) is 12.2 Å². The Kier molecular flexibility index (Phi) is 5.81. The van der Waals surface area contributed by atoms with Crippen molar-refractivity contribution in [1.82, 2.24) is 9.88 Å². The van der Waals surface area contributed by atoms with Crippen molar-refractivity contribution in [2.75, 3.05) is 19.7 Å². The number of halogens is 3. The molecular weight excluding hydrogens is 393 g/mol. The van der Waals surface area contributed by atoms with E-state index in [1.54, 1.807) is 24.3 Å². The number of nitrogens with zero attached hydrogens (tertiary/aromatic N) is 2. The number of aromatic nitrogens is 1. The van der Waals surface area contributed by atoms with Gasteiger partial charge in [0.2, 0.25) is 5.88 Å². The Morgan fingerprint density at radius 1 is 1.03 bits per heavy atom. The van der Waals surface area contributed by atoms with Crippen molar-refractivity contribution in [2.24, 2.45) is 0 Å². The minimum absolute atomic E-state index is 0.113. The zero-order chi connectivity index (χ0) is 21.1. The summed E-state index contributed by atoms with van der Waals surface area (Å²) < 4.78 is 45.5. The maximum Gasteiger partial charge on any atom is 0.416 e. The fraction of sp³-hybridized carbons (Fsp3) is 0.348. The molecule has 30 heavy (non-hydrogen) atoms. The highest BCUT2D eigenvalue weighted by molar-refractivity contribution is 5.84. The van der Waals surface area contributed by atoms with Crippen LogP contribution in [0.5, 0.6) is 11.6 Å². The van der Waals surface area contributed by atoms with Gasteiger partial charge < -0.3 is 9.84 Å². The lowest BCUT2D eigenvalue weighted by molar-refractivity contribution is -0.138. The summed E-state index contributed by atoms with van der Waals surface area (Å²) in [4.78, 5) is 6.40. The number of unbranched alkanes of at least 4 members (excludes halogenated alkanes) is 1. The van der Waals surface area contributed by atoms with Crippen molar-refractivity contribution >= 4 is 10.9 Å². The predicted molar refractivity (Wildman–Crippen MR) is 109 cm³/mol. The van der Waals surface area contributed by atoms with Crippen LogP contribution in [0.4, 0.5) is 13.2 Å². The van der Waals surface area contributed by atoms with Gasteiger partial charge in [-0.2, -0.15) is 13.2 Å². The van der Waals surface area contributed by atoms with E-state index in [-0.39, 0.29) is 5.75 Å². The Bertz CT molecular complexity index is 1040. The van der Waals surface area contributed by atoms with Gasteiger partial charge in [0.25, 0.3) is 0 Å². The molecule has 1 aromatic heterocycles. The second kappa shape index (κ2) is 8.52. The molecule has 4 rings (SSSR count). The summed E-state index contributed by atoms with van der Waals surface area (Å²) in [6.45, 7) is 2.28. The number of para-hydroxylation sites is 1. The van der Waals surface area contributed by atoms with E-state index in [2.05, 4.69) is 9.88 Å². The van der Waals surface area contributed by atoms with Gasteiger partial charge in [0.1, 0.15) is 11.3 Å². The summed E-state index contributed by atoms with van der Waals surface area (Å²) in [6.07, 6.45) is -2.09. The van der Waals surface area contributed by atoms with E-state index >= 15 is 0 Å². The molecule has 2 heterocycles. The predicted octanol–water partition coefficient (Wildman–Crippen LogP) is 5.18. The first-order valence-electron chi connectivity index (χ1n) is 10.0. The van der Waals surface area contributed by atoms with Gasteiger partial charge in [0.15, 0.2) is 0 Å². The molecule has 1 aliphatic rings. The van der Waals surface area contributed by atoms with Gasteiger partial charge in [-0.3, -0.25) is 4.90 Å². The number of hydrogen-bond acceptors (Lipinski definition) is 4. The normalized spacial score (nSPS) is 14.6. The molecule has 2 aromatic carbocycles. The minimum Gasteiger partial charge on any atom is -0.506 e. The lowest BCUT2D eigenvalue weighted by atomic mass is 9.94. The van der Waals surface area contributed by atoms with Crippen LogP contribution in [0, 0.1) is 0 Å². The number of alkyl halides is 3. The highest BCUT2D eigenvalue weighted by atomic mass is 19.4. The smallest absolute Gasteiger partial charge is 0.416 e. The number of hydrogen-bond donors (Lipinski definition) is 1. The fourth-order valence-corrected chi connectivity index (χ4v) is 3.90. The first kappa shape index (κ1) is 20.5. The van der Waals surface area contributed by atoms with Crippen LogP contribution in [-0.4, -0.2) is 34.7 Å². The summed E-state index contributed by atoms with van der Waals surface area (Å²) in [5.41, 5.74) is 1.20. The molecule has 0 saturated carbocycles. The molecule has 7 heteroatoms. The first-order valence-corrected chi connectivity index (χ1v) is 10.0. The summed E-state index contributed by atoms with van der Waals surface area (Å²) in [6, 6.07) is 13.3. The third kappa shape index (κ3) is 4.51. The third-order valence-corrected chi connectivity index (χ3v) is 5.45. The number of rotatable bonds is 6. The van der Waals surface area contributed by atoms with Crippen molar-refractivity contribution in [3.8, 4) is 11.6 Å². The Morgan fingerprint density at radius 3 is 2.70 bits per heavy atom. The van der Waals surface area contributed by atoms with Crippen LogP contribution >= 0.6 is 0 Å². The molecule has 1 N–H and O–H groups in total. The molecule has 0 aliphatic carbocycles. The molecule has 158 valence electrons. The number of aromatic hydroxyl groups is 1. The zero-order valence-corrected chi connectivity index (χ0v) is 16.5. The van der Waals surface area contributed by atoms with Crippen molar-refractivity contribution in [3.05, 3.63) is 65.2 Å². The number of phenolic OH excluding ortho intramolecular Hbond substituents is 1. The summed E-state index contributed by atoms with van der Waals surface area (Å²) in [5.74, 6) is 0.562. The molecule has 0 radical (unpaired) electrons. The fourth-order valence-electron chi connectivity index (χ4n) is 3.90. The molecule has 0 unspecified atom stereocenters. The summed E-state index contributed by atoms with van der Waals surface area (Å²) in [7, 11) is 0. The van der Waals surface area contributed by atoms with Crippen LogP contribution in [0.3, 0.4) is 0 Å². The molecule has 4 nitrogen and oxygen atoms in total. The van der Waals surface area contributed by atoms with Crippen LogP contribution in [0.25, 0.3) is 10.9 Å². The number of fused-ring (bicyclic) bond motifs is 2. The Morgan fingerprint density at radius 2 is 1.87 bits per heavy atom. The van der Waals surface area contributed by atoms with Crippen molar-refractivity contribution in [2.45, 2.75) is 32.0 Å². The zero-order valence-electron chi connectivity index (χ0n) is 16.5. The third-order valence-electron chi connectivity index (χ3n) is 5.45. The average molecular weight is 416 g/mol. The largest absolute Gasteiger partial charge is 0.506 e. The van der Waals surface area contributed by atoms with E-state index < -0.39 is 11.7 Å². The topological polar surface area (TPSA) is 45.6 Å². The number of benzene rings is 2. The maximum absolute atomic E-state index is 13.3. The van der Waals surface area contributed by atoms with E-state index in [1.165, 1.54) is 12.1 Å². The van der Waals surface area contributed by atoms with E-state index in [9.17, 15) is 18.3 Å². The van der Waals surface area contributed by atoms with Gasteiger partial charge in [-0.25, -0.2) is 4.98 Å². The van der Waals surface area contributed by atoms with Crippen LogP contribution in [-0.2, 0) is 19.1 Å². The van der Waals surface area contributed by atoms with Gasteiger partial charge >= 0.3 is 6.18 Å². The molecule has 3 aromatic rings. The first-order chi connectivity index (χ1) is 14.4. The Hall–Kier alpha value is -2.80. The molecular formula is C23H23F3N2O2. The van der Waals surface area contributed by atoms with Gasteiger partial charge in [-0.15, -0.1) is 0 Å². The van der Waals surface area contributed by atoms with Crippen molar-refractivity contribution in [1.29, 1.82) is 0 Å². The molecule has 0 spiro atoms. The molecule has 0 atom stereocenters. The standard InChI is InChI=1S/C23H23F3N2O2/c24-23(25,26)19-7-3-5-16-11-13-28(15-18(16)19)12-1-2-14-30-21-10-9-17-6-4-8-20(29)22(17)27-21/h3-10,29H,1-2,11-15H2. The molecule has 0 fully saturated rings. The highest BCUT2D eigenvalue weighted by Crippen LogP contribution is 2.35. The SMILES string of the molecule is Oc1cccc2ccc(OCCCCN3CCc4cccc(C(F)(F)F)c4C3)nc12. The molecule has 0 amide bonds. The Labute approximate surface area is 172 Å². The van der Waals surface area contributed by atoms with Crippen LogP contribution in [0.15, 0.2) is 48.5 Å². The maximum atomic E-state index is 13.3. The van der Waals surface area contributed by atoms with E-state index in [0.717, 1.165) is 36.9 Å². The summed E-state index contributed by atoms with van der Waals surface area (Å²) in [5, 5.41) is 10.7. The lowest BCUT2D eigenvalue weighted by Crippen LogP contribution is -2.33. The van der Waals surface area contributed by atoms with Crippen LogP contribution in [0.2, 0.25) is 0 Å². The van der Waals surface area contributed by atoms with Gasteiger partial charge in [0, 0.05) is 24.5 Å². The van der Waals surface area contributed by atoms with E-state index in [1.807, 2.05) is 12.1 Å². The highest BCUT2D eigenvalue weighted by Gasteiger charge is 2.35. The second-order valence-electron chi connectivity index (χ2n) is 7.52. The number of ether oxygens (including phenoxy) is 1. The number of pyridine rings is 1. The van der Waals surface area contributed by atoms with E-state index in [4.69, 9.17) is 4.74 Å². The summed E-state index contributed by atoms with van der Waals surface area (Å²) >= 11 is 0. The average Bonchev–Trinajstić information content (AvgIpc) is 2.73. The minimum atomic E-state index is -4.32. The van der Waals surface area contributed by atoms with Crippen molar-refractivity contribution < 1.29 is 23.0 Å². The van der Waals surface area contributed by atoms with Gasteiger partial charge in [-0.05, 0) is 55.1 Å². The monoisotopic (exact) mass is 416 g/mol. The Balaban J connectivity index is 1.28. The number of phenols is 1.